The van der Waals surface area contributed by atoms with Gasteiger partial charge in [0.25, 0.3) is 5.91 Å². The molecule has 0 aliphatic heterocycles. The molecule has 4 nitrogen and oxygen atoms in total. The molecule has 0 aliphatic carbocycles. The average Bonchev–Trinajstić information content (AvgIpc) is 2.28. The quantitative estimate of drug-likeness (QED) is 0.798. The Labute approximate surface area is 124 Å². The van der Waals surface area contributed by atoms with Gasteiger partial charge in [0, 0.05) is 13.1 Å². The van der Waals surface area contributed by atoms with Crippen LogP contribution in [0.3, 0.4) is 0 Å². The number of nitrogens with one attached hydrogen (secondary N) is 2. The van der Waals surface area contributed by atoms with Crippen molar-refractivity contribution >= 4 is 37.8 Å². The van der Waals surface area contributed by atoms with E-state index >= 15 is 0 Å². The number of carbonyl (C=O) groups is 1. The van der Waals surface area contributed by atoms with Crippen LogP contribution in [0.2, 0.25) is 0 Å². The fourth-order valence-corrected chi connectivity index (χ4v) is 2.95. The van der Waals surface area contributed by atoms with Crippen molar-refractivity contribution in [3.8, 4) is 5.75 Å². The molecule has 2 N–H and O–H groups in total. The Morgan fingerprint density at radius 1 is 1.33 bits per heavy atom. The molecule has 100 valence electrons. The molecule has 1 aromatic carbocycles. The number of benzene rings is 1. The first-order valence-corrected chi connectivity index (χ1v) is 7.19. The van der Waals surface area contributed by atoms with Gasteiger partial charge in [0.1, 0.15) is 5.75 Å². The van der Waals surface area contributed by atoms with Gasteiger partial charge < -0.3 is 15.4 Å². The Bertz CT molecular complexity index is 402. The molecule has 1 amide bonds. The van der Waals surface area contributed by atoms with E-state index in [1.807, 2.05) is 26.1 Å². The van der Waals surface area contributed by atoms with Gasteiger partial charge in [-0.05, 0) is 63.5 Å². The van der Waals surface area contributed by atoms with Crippen LogP contribution in [0.25, 0.3) is 0 Å². The van der Waals surface area contributed by atoms with E-state index in [1.165, 1.54) is 0 Å². The number of likely N-dealkylation sites (N-methyl/N-ethyl adjacent to an activating group) is 1. The lowest BCUT2D eigenvalue weighted by Crippen LogP contribution is -2.28. The number of carbonyl (C=O) groups excluding carboxylic acids is 1. The maximum atomic E-state index is 11.3. The van der Waals surface area contributed by atoms with Crippen LogP contribution in [0.1, 0.15) is 12.5 Å². The first-order chi connectivity index (χ1) is 8.58. The number of hydrogen-bond donors (Lipinski definition) is 2. The van der Waals surface area contributed by atoms with Crippen molar-refractivity contribution in [1.29, 1.82) is 0 Å². The number of halogens is 2. The van der Waals surface area contributed by atoms with Crippen molar-refractivity contribution in [1.82, 2.24) is 10.6 Å². The minimum absolute atomic E-state index is 0.0103. The lowest BCUT2D eigenvalue weighted by Gasteiger charge is -2.12. The van der Waals surface area contributed by atoms with Gasteiger partial charge in [-0.15, -0.1) is 0 Å². The van der Waals surface area contributed by atoms with Crippen LogP contribution >= 0.6 is 31.9 Å². The van der Waals surface area contributed by atoms with E-state index in [-0.39, 0.29) is 12.5 Å². The first-order valence-electron chi connectivity index (χ1n) is 5.60. The molecule has 0 saturated carbocycles. The maximum Gasteiger partial charge on any atom is 0.257 e. The lowest BCUT2D eigenvalue weighted by atomic mass is 10.2. The molecule has 0 fully saturated rings. The molecule has 1 aromatic rings. The summed E-state index contributed by atoms with van der Waals surface area (Å²) in [5, 5.41) is 5.76. The molecule has 6 heteroatoms. The summed E-state index contributed by atoms with van der Waals surface area (Å²) in [6, 6.07) is 3.93. The molecule has 1 rings (SSSR count). The summed E-state index contributed by atoms with van der Waals surface area (Å²) in [5.41, 5.74) is 1.13. The third-order valence-electron chi connectivity index (χ3n) is 2.16. The van der Waals surface area contributed by atoms with Crippen molar-refractivity contribution in [2.75, 3.05) is 20.2 Å². The zero-order chi connectivity index (χ0) is 13.5. The zero-order valence-electron chi connectivity index (χ0n) is 10.3. The van der Waals surface area contributed by atoms with E-state index in [0.29, 0.717) is 12.3 Å². The van der Waals surface area contributed by atoms with Crippen LogP contribution in [-0.2, 0) is 11.3 Å². The fourth-order valence-electron chi connectivity index (χ4n) is 1.44. The van der Waals surface area contributed by atoms with E-state index < -0.39 is 0 Å². The van der Waals surface area contributed by atoms with Gasteiger partial charge >= 0.3 is 0 Å². The molecule has 0 heterocycles. The normalized spacial score (nSPS) is 10.2. The van der Waals surface area contributed by atoms with Gasteiger partial charge in [-0.2, -0.15) is 0 Å². The highest BCUT2D eigenvalue weighted by Gasteiger charge is 2.10. The summed E-state index contributed by atoms with van der Waals surface area (Å²) in [7, 11) is 1.89. The number of amides is 1. The van der Waals surface area contributed by atoms with E-state index in [4.69, 9.17) is 4.74 Å². The second-order valence-corrected chi connectivity index (χ2v) is 5.37. The Hall–Kier alpha value is -0.590. The Morgan fingerprint density at radius 2 is 1.94 bits per heavy atom. The summed E-state index contributed by atoms with van der Waals surface area (Å²) in [5.74, 6) is 0.511. The fraction of sp³-hybridized carbons (Fsp3) is 0.417. The van der Waals surface area contributed by atoms with Gasteiger partial charge in [0.2, 0.25) is 0 Å². The molecule has 0 saturated heterocycles. The van der Waals surface area contributed by atoms with Crippen LogP contribution in [0.5, 0.6) is 5.75 Å². The maximum absolute atomic E-state index is 11.3. The highest BCUT2D eigenvalue weighted by Crippen LogP contribution is 2.34. The van der Waals surface area contributed by atoms with Crippen LogP contribution < -0.4 is 15.4 Å². The average molecular weight is 380 g/mol. The highest BCUT2D eigenvalue weighted by atomic mass is 79.9. The SMILES string of the molecule is CCNC(=O)COc1c(Br)cc(CNC)cc1Br. The van der Waals surface area contributed by atoms with Crippen molar-refractivity contribution in [2.45, 2.75) is 13.5 Å². The van der Waals surface area contributed by atoms with Crippen molar-refractivity contribution in [3.63, 3.8) is 0 Å². The molecule has 0 radical (unpaired) electrons. The van der Waals surface area contributed by atoms with Gasteiger partial charge in [0.15, 0.2) is 6.61 Å². The van der Waals surface area contributed by atoms with Crippen molar-refractivity contribution < 1.29 is 9.53 Å². The third-order valence-corrected chi connectivity index (χ3v) is 3.34. The minimum atomic E-state index is -0.129. The van der Waals surface area contributed by atoms with E-state index in [0.717, 1.165) is 21.1 Å². The standard InChI is InChI=1S/C12H16Br2N2O2/c1-3-16-11(17)7-18-12-9(13)4-8(6-15-2)5-10(12)14/h4-5,15H,3,6-7H2,1-2H3,(H,16,17). The molecule has 0 spiro atoms. The van der Waals surface area contributed by atoms with Crippen LogP contribution in [0, 0.1) is 0 Å². The predicted molar refractivity (Wildman–Crippen MR) is 78.8 cm³/mol. The molecule has 0 atom stereocenters. The van der Waals surface area contributed by atoms with Gasteiger partial charge in [-0.3, -0.25) is 4.79 Å². The predicted octanol–water partition coefficient (Wildman–Crippen LogP) is 2.45. The van der Waals surface area contributed by atoms with Crippen molar-refractivity contribution in [3.05, 3.63) is 26.6 Å². The Balaban J connectivity index is 2.74. The highest BCUT2D eigenvalue weighted by molar-refractivity contribution is 9.11. The molecule has 0 bridgehead atoms. The number of rotatable bonds is 6. The second kappa shape index (κ2) is 7.76. The summed E-state index contributed by atoms with van der Waals surface area (Å²) < 4.78 is 7.14. The summed E-state index contributed by atoms with van der Waals surface area (Å²) in [6.07, 6.45) is 0. The first kappa shape index (κ1) is 15.5. The zero-order valence-corrected chi connectivity index (χ0v) is 13.5. The Kier molecular flexibility index (Phi) is 6.67. The second-order valence-electron chi connectivity index (χ2n) is 3.66. The molecule has 18 heavy (non-hydrogen) atoms. The van der Waals surface area contributed by atoms with Crippen LogP contribution in [0.4, 0.5) is 0 Å². The summed E-state index contributed by atoms with van der Waals surface area (Å²) >= 11 is 6.89. The number of ether oxygens (including phenoxy) is 1. The molecule has 0 unspecified atom stereocenters. The van der Waals surface area contributed by atoms with Gasteiger partial charge in [-0.25, -0.2) is 0 Å². The van der Waals surface area contributed by atoms with Gasteiger partial charge in [-0.1, -0.05) is 0 Å². The van der Waals surface area contributed by atoms with E-state index in [2.05, 4.69) is 42.5 Å². The minimum Gasteiger partial charge on any atom is -0.481 e. The molecular weight excluding hydrogens is 364 g/mol. The molecule has 0 aliphatic rings. The summed E-state index contributed by atoms with van der Waals surface area (Å²) in [6.45, 7) is 3.26. The van der Waals surface area contributed by atoms with Gasteiger partial charge in [0.05, 0.1) is 8.95 Å². The smallest absolute Gasteiger partial charge is 0.257 e. The monoisotopic (exact) mass is 378 g/mol. The van der Waals surface area contributed by atoms with E-state index in [1.54, 1.807) is 0 Å². The topological polar surface area (TPSA) is 50.4 Å². The number of hydrogen-bond acceptors (Lipinski definition) is 3. The third kappa shape index (κ3) is 4.59. The lowest BCUT2D eigenvalue weighted by molar-refractivity contribution is -0.123. The summed E-state index contributed by atoms with van der Waals surface area (Å²) in [4.78, 5) is 11.3. The van der Waals surface area contributed by atoms with Crippen molar-refractivity contribution in [2.24, 2.45) is 0 Å². The van der Waals surface area contributed by atoms with Crippen LogP contribution in [0.15, 0.2) is 21.1 Å². The molecular formula is C12H16Br2N2O2. The molecule has 0 aromatic heterocycles. The Morgan fingerprint density at radius 3 is 2.44 bits per heavy atom. The van der Waals surface area contributed by atoms with Crippen LogP contribution in [-0.4, -0.2) is 26.1 Å². The van der Waals surface area contributed by atoms with E-state index in [9.17, 15) is 4.79 Å². The largest absolute Gasteiger partial charge is 0.481 e.